The van der Waals surface area contributed by atoms with Crippen molar-refractivity contribution in [2.24, 2.45) is 0 Å². The van der Waals surface area contributed by atoms with Crippen molar-refractivity contribution < 1.29 is 10.2 Å². The average Bonchev–Trinajstić information content (AvgIpc) is 2.37. The van der Waals surface area contributed by atoms with Crippen LogP contribution in [0.15, 0.2) is 18.3 Å². The van der Waals surface area contributed by atoms with Crippen molar-refractivity contribution in [1.29, 1.82) is 0 Å². The SMILES string of the molecule is Cc1cc(Cl)cc(O)c1-c1ncc(NC2CC(O)C2)nn1. The smallest absolute Gasteiger partial charge is 0.185 e. The summed E-state index contributed by atoms with van der Waals surface area (Å²) < 4.78 is 0. The number of aliphatic hydroxyl groups is 1. The number of aliphatic hydroxyl groups excluding tert-OH is 1. The molecule has 3 rings (SSSR count). The van der Waals surface area contributed by atoms with E-state index >= 15 is 0 Å². The van der Waals surface area contributed by atoms with Crippen molar-refractivity contribution in [2.75, 3.05) is 5.32 Å². The number of phenolic OH excluding ortho intramolecular Hbond substituents is 1. The molecule has 1 heterocycles. The minimum absolute atomic E-state index is 0.0321. The first kappa shape index (κ1) is 14.0. The Morgan fingerprint density at radius 2 is 2.05 bits per heavy atom. The van der Waals surface area contributed by atoms with E-state index in [0.717, 1.165) is 5.56 Å². The zero-order valence-corrected chi connectivity index (χ0v) is 12.2. The molecule has 110 valence electrons. The van der Waals surface area contributed by atoms with E-state index in [2.05, 4.69) is 20.5 Å². The van der Waals surface area contributed by atoms with Crippen molar-refractivity contribution in [3.63, 3.8) is 0 Å². The Morgan fingerprint density at radius 3 is 2.62 bits per heavy atom. The lowest BCUT2D eigenvalue weighted by Crippen LogP contribution is -2.39. The van der Waals surface area contributed by atoms with Gasteiger partial charge in [0.15, 0.2) is 11.6 Å². The molecular formula is C14H15ClN4O2. The molecule has 1 aliphatic rings. The first-order chi connectivity index (χ1) is 10.0. The molecule has 0 unspecified atom stereocenters. The highest BCUT2D eigenvalue weighted by Crippen LogP contribution is 2.33. The standard InChI is InChI=1S/C14H15ClN4O2/c1-7-2-8(15)3-11(21)13(7)14-16-6-12(18-19-14)17-9-4-10(20)5-9/h2-3,6,9-10,20-21H,4-5H2,1H3,(H,17,18). The number of nitrogens with one attached hydrogen (secondary N) is 1. The molecule has 7 heteroatoms. The van der Waals surface area contributed by atoms with Gasteiger partial charge in [0.1, 0.15) is 5.75 Å². The van der Waals surface area contributed by atoms with E-state index in [1.807, 2.05) is 6.92 Å². The van der Waals surface area contributed by atoms with E-state index in [1.54, 1.807) is 12.3 Å². The largest absolute Gasteiger partial charge is 0.507 e. The molecule has 0 bridgehead atoms. The molecule has 3 N–H and O–H groups in total. The number of halogens is 1. The van der Waals surface area contributed by atoms with E-state index in [4.69, 9.17) is 11.6 Å². The molecule has 0 spiro atoms. The van der Waals surface area contributed by atoms with Gasteiger partial charge in [-0.15, -0.1) is 10.2 Å². The lowest BCUT2D eigenvalue weighted by molar-refractivity contribution is 0.0835. The number of hydrogen-bond acceptors (Lipinski definition) is 6. The molecule has 0 aliphatic heterocycles. The molecule has 1 saturated carbocycles. The quantitative estimate of drug-likeness (QED) is 0.805. The number of aromatic hydroxyl groups is 1. The first-order valence-corrected chi connectivity index (χ1v) is 7.04. The summed E-state index contributed by atoms with van der Waals surface area (Å²) in [5.74, 6) is 0.937. The number of anilines is 1. The third-order valence-corrected chi connectivity index (χ3v) is 3.75. The molecular weight excluding hydrogens is 292 g/mol. The molecule has 1 aromatic carbocycles. The van der Waals surface area contributed by atoms with Crippen LogP contribution in [0.5, 0.6) is 5.75 Å². The maximum Gasteiger partial charge on any atom is 0.185 e. The Kier molecular flexibility index (Phi) is 3.65. The van der Waals surface area contributed by atoms with Crippen LogP contribution in [0.3, 0.4) is 0 Å². The van der Waals surface area contributed by atoms with Crippen LogP contribution in [-0.2, 0) is 0 Å². The predicted molar refractivity (Wildman–Crippen MR) is 79.3 cm³/mol. The van der Waals surface area contributed by atoms with E-state index in [0.29, 0.717) is 35.1 Å². The Labute approximate surface area is 126 Å². The van der Waals surface area contributed by atoms with E-state index < -0.39 is 0 Å². The van der Waals surface area contributed by atoms with Gasteiger partial charge in [0.25, 0.3) is 0 Å². The maximum atomic E-state index is 9.98. The number of aromatic nitrogens is 3. The molecule has 0 radical (unpaired) electrons. The van der Waals surface area contributed by atoms with Crippen LogP contribution >= 0.6 is 11.6 Å². The van der Waals surface area contributed by atoms with Crippen molar-refractivity contribution in [3.05, 3.63) is 28.9 Å². The molecule has 0 amide bonds. The van der Waals surface area contributed by atoms with E-state index in [9.17, 15) is 10.2 Å². The summed E-state index contributed by atoms with van der Waals surface area (Å²) in [7, 11) is 0. The topological polar surface area (TPSA) is 91.2 Å². The summed E-state index contributed by atoms with van der Waals surface area (Å²) in [5, 5.41) is 30.9. The Balaban J connectivity index is 1.81. The zero-order chi connectivity index (χ0) is 15.0. The van der Waals surface area contributed by atoms with Gasteiger partial charge in [0, 0.05) is 11.1 Å². The van der Waals surface area contributed by atoms with Gasteiger partial charge in [0.05, 0.1) is 17.9 Å². The highest BCUT2D eigenvalue weighted by Gasteiger charge is 2.27. The van der Waals surface area contributed by atoms with Crippen LogP contribution in [0.1, 0.15) is 18.4 Å². The maximum absolute atomic E-state index is 9.98. The van der Waals surface area contributed by atoms with Crippen molar-refractivity contribution in [1.82, 2.24) is 15.2 Å². The third-order valence-electron chi connectivity index (χ3n) is 3.53. The number of hydrogen-bond donors (Lipinski definition) is 3. The highest BCUT2D eigenvalue weighted by atomic mass is 35.5. The first-order valence-electron chi connectivity index (χ1n) is 6.66. The van der Waals surface area contributed by atoms with Gasteiger partial charge in [0.2, 0.25) is 0 Å². The van der Waals surface area contributed by atoms with Gasteiger partial charge in [-0.1, -0.05) is 11.6 Å². The second kappa shape index (κ2) is 5.46. The molecule has 1 aromatic heterocycles. The molecule has 2 aromatic rings. The number of nitrogens with zero attached hydrogens (tertiary/aromatic N) is 3. The number of benzene rings is 1. The normalized spacial score (nSPS) is 20.9. The molecule has 6 nitrogen and oxygen atoms in total. The van der Waals surface area contributed by atoms with Gasteiger partial charge in [-0.2, -0.15) is 0 Å². The van der Waals surface area contributed by atoms with Crippen molar-refractivity contribution in [3.8, 4) is 17.1 Å². The summed E-state index contributed by atoms with van der Waals surface area (Å²) in [6.45, 7) is 1.83. The zero-order valence-electron chi connectivity index (χ0n) is 11.4. The van der Waals surface area contributed by atoms with Crippen LogP contribution in [-0.4, -0.2) is 37.5 Å². The fraction of sp³-hybridized carbons (Fsp3) is 0.357. The number of aryl methyl sites for hydroxylation is 1. The predicted octanol–water partition coefficient (Wildman–Crippen LogP) is 2.14. The minimum Gasteiger partial charge on any atom is -0.507 e. The van der Waals surface area contributed by atoms with Gasteiger partial charge in [-0.05, 0) is 37.5 Å². The molecule has 1 aliphatic carbocycles. The fourth-order valence-corrected chi connectivity index (χ4v) is 2.65. The van der Waals surface area contributed by atoms with Gasteiger partial charge in [-0.25, -0.2) is 4.98 Å². The number of phenols is 1. The summed E-state index contributed by atoms with van der Waals surface area (Å²) in [5.41, 5.74) is 1.31. The van der Waals surface area contributed by atoms with Crippen LogP contribution in [0, 0.1) is 6.92 Å². The Morgan fingerprint density at radius 1 is 1.29 bits per heavy atom. The van der Waals surface area contributed by atoms with E-state index in [1.165, 1.54) is 6.07 Å². The van der Waals surface area contributed by atoms with E-state index in [-0.39, 0.29) is 17.9 Å². The van der Waals surface area contributed by atoms with Gasteiger partial charge in [-0.3, -0.25) is 0 Å². The van der Waals surface area contributed by atoms with Gasteiger partial charge < -0.3 is 15.5 Å². The monoisotopic (exact) mass is 306 g/mol. The Hall–Kier alpha value is -1.92. The third kappa shape index (κ3) is 2.91. The second-order valence-electron chi connectivity index (χ2n) is 5.25. The average molecular weight is 307 g/mol. The van der Waals surface area contributed by atoms with Crippen LogP contribution in [0.2, 0.25) is 5.02 Å². The second-order valence-corrected chi connectivity index (χ2v) is 5.69. The summed E-state index contributed by atoms with van der Waals surface area (Å²) >= 11 is 5.88. The fourth-order valence-electron chi connectivity index (χ4n) is 2.39. The number of rotatable bonds is 3. The van der Waals surface area contributed by atoms with Crippen LogP contribution in [0.25, 0.3) is 11.4 Å². The van der Waals surface area contributed by atoms with Gasteiger partial charge >= 0.3 is 0 Å². The lowest BCUT2D eigenvalue weighted by Gasteiger charge is -2.32. The molecule has 0 atom stereocenters. The van der Waals surface area contributed by atoms with Crippen molar-refractivity contribution >= 4 is 17.4 Å². The highest BCUT2D eigenvalue weighted by molar-refractivity contribution is 6.30. The minimum atomic E-state index is -0.226. The Bertz CT molecular complexity index is 634. The molecule has 21 heavy (non-hydrogen) atoms. The molecule has 0 saturated heterocycles. The summed E-state index contributed by atoms with van der Waals surface area (Å²) in [4.78, 5) is 4.23. The van der Waals surface area contributed by atoms with Crippen LogP contribution < -0.4 is 5.32 Å². The van der Waals surface area contributed by atoms with Crippen molar-refractivity contribution in [2.45, 2.75) is 31.9 Å². The summed E-state index contributed by atoms with van der Waals surface area (Å²) in [6, 6.07) is 3.41. The summed E-state index contributed by atoms with van der Waals surface area (Å²) in [6.07, 6.45) is 2.76. The van der Waals surface area contributed by atoms with Crippen LogP contribution in [0.4, 0.5) is 5.82 Å². The molecule has 1 fully saturated rings. The lowest BCUT2D eigenvalue weighted by atomic mass is 9.90.